The topological polar surface area (TPSA) is 24.1 Å². The highest BCUT2D eigenvalue weighted by Gasteiger charge is 2.09. The Bertz CT molecular complexity index is 413. The molecule has 1 aromatic carbocycles. The van der Waals surface area contributed by atoms with Gasteiger partial charge in [0.2, 0.25) is 0 Å². The number of nitrogens with one attached hydrogen (secondary N) is 2. The first-order chi connectivity index (χ1) is 9.37. The number of hydrogen-bond donors (Lipinski definition) is 2. The molecule has 0 spiro atoms. The second-order valence-corrected chi connectivity index (χ2v) is 8.29. The fraction of sp³-hybridized carbons (Fsp3) is 0.533. The number of halogens is 1. The Morgan fingerprint density at radius 3 is 2.35 bits per heavy atom. The monoisotopic (exact) mass is 330 g/mol. The predicted octanol–water partition coefficient (Wildman–Crippen LogP) is 3.88. The van der Waals surface area contributed by atoms with Crippen molar-refractivity contribution >= 4 is 40.7 Å². The van der Waals surface area contributed by atoms with E-state index < -0.39 is 0 Å². The molecule has 0 bridgehead atoms. The summed E-state index contributed by atoms with van der Waals surface area (Å²) in [5.41, 5.74) is 1.26. The normalized spacial score (nSPS) is 11.2. The van der Waals surface area contributed by atoms with Crippen molar-refractivity contribution in [2.45, 2.75) is 31.9 Å². The van der Waals surface area contributed by atoms with Gasteiger partial charge >= 0.3 is 0 Å². The maximum atomic E-state index is 5.85. The summed E-state index contributed by atoms with van der Waals surface area (Å²) in [6.07, 6.45) is 0.940. The molecule has 0 saturated carbocycles. The van der Waals surface area contributed by atoms with Crippen molar-refractivity contribution in [2.24, 2.45) is 0 Å². The van der Waals surface area contributed by atoms with Crippen LogP contribution in [-0.2, 0) is 6.42 Å². The molecule has 0 aliphatic carbocycles. The molecule has 2 N–H and O–H groups in total. The van der Waals surface area contributed by atoms with Crippen molar-refractivity contribution in [1.82, 2.24) is 10.6 Å². The lowest BCUT2D eigenvalue weighted by atomic mass is 10.1. The third-order valence-corrected chi connectivity index (χ3v) is 4.35. The zero-order valence-electron chi connectivity index (χ0n) is 12.3. The summed E-state index contributed by atoms with van der Waals surface area (Å²) in [4.78, 5) is 0. The van der Waals surface area contributed by atoms with Crippen LogP contribution < -0.4 is 10.6 Å². The fourth-order valence-electron chi connectivity index (χ4n) is 1.56. The number of thioether (sulfide) groups is 1. The minimum absolute atomic E-state index is 0.311. The quantitative estimate of drug-likeness (QED) is 0.610. The van der Waals surface area contributed by atoms with Gasteiger partial charge in [-0.3, -0.25) is 0 Å². The highest BCUT2D eigenvalue weighted by molar-refractivity contribution is 8.00. The van der Waals surface area contributed by atoms with Crippen molar-refractivity contribution < 1.29 is 0 Å². The molecular weight excluding hydrogens is 308 g/mol. The Kier molecular flexibility index (Phi) is 7.70. The Labute approximate surface area is 137 Å². The van der Waals surface area contributed by atoms with E-state index in [1.807, 2.05) is 36.0 Å². The Hall–Kier alpha value is -0.450. The molecule has 0 radical (unpaired) electrons. The van der Waals surface area contributed by atoms with Gasteiger partial charge in [0.15, 0.2) is 5.11 Å². The van der Waals surface area contributed by atoms with Gasteiger partial charge in [0.05, 0.1) is 0 Å². The van der Waals surface area contributed by atoms with E-state index in [1.54, 1.807) is 0 Å². The summed E-state index contributed by atoms with van der Waals surface area (Å²) < 4.78 is 0.311. The molecule has 1 rings (SSSR count). The summed E-state index contributed by atoms with van der Waals surface area (Å²) in [6.45, 7) is 8.40. The van der Waals surface area contributed by atoms with E-state index in [0.717, 1.165) is 35.4 Å². The number of benzene rings is 1. The van der Waals surface area contributed by atoms with E-state index in [9.17, 15) is 0 Å². The number of thiocarbonyl (C=S) groups is 1. The van der Waals surface area contributed by atoms with Crippen LogP contribution in [0.4, 0.5) is 0 Å². The van der Waals surface area contributed by atoms with E-state index in [2.05, 4.69) is 31.4 Å². The summed E-state index contributed by atoms with van der Waals surface area (Å²) >= 11 is 13.0. The van der Waals surface area contributed by atoms with Crippen LogP contribution in [0, 0.1) is 0 Å². The van der Waals surface area contributed by atoms with Crippen LogP contribution >= 0.6 is 35.6 Å². The maximum absolute atomic E-state index is 5.85. The minimum Gasteiger partial charge on any atom is -0.362 e. The van der Waals surface area contributed by atoms with Gasteiger partial charge in [0.25, 0.3) is 0 Å². The highest BCUT2D eigenvalue weighted by atomic mass is 35.5. The van der Waals surface area contributed by atoms with Gasteiger partial charge in [-0.05, 0) is 36.3 Å². The molecule has 0 fully saturated rings. The summed E-state index contributed by atoms with van der Waals surface area (Å²) in [5, 5.41) is 7.95. The molecule has 1 aromatic rings. The third-order valence-electron chi connectivity index (χ3n) is 2.54. The van der Waals surface area contributed by atoms with Crippen LogP contribution in [0.3, 0.4) is 0 Å². The molecule has 0 aromatic heterocycles. The van der Waals surface area contributed by atoms with Crippen molar-refractivity contribution in [2.75, 3.05) is 18.8 Å². The summed E-state index contributed by atoms with van der Waals surface area (Å²) in [7, 11) is 0. The molecular formula is C15H23ClN2S2. The molecule has 0 aliphatic heterocycles. The van der Waals surface area contributed by atoms with Gasteiger partial charge in [-0.15, -0.1) is 0 Å². The van der Waals surface area contributed by atoms with Crippen LogP contribution in [0.25, 0.3) is 0 Å². The zero-order chi connectivity index (χ0) is 15.0. The highest BCUT2D eigenvalue weighted by Crippen LogP contribution is 2.21. The van der Waals surface area contributed by atoms with Crippen LogP contribution in [0.1, 0.15) is 26.3 Å². The molecule has 2 nitrogen and oxygen atoms in total. The van der Waals surface area contributed by atoms with Gasteiger partial charge in [-0.2, -0.15) is 11.8 Å². The van der Waals surface area contributed by atoms with Crippen molar-refractivity contribution in [3.8, 4) is 0 Å². The first kappa shape index (κ1) is 17.6. The molecule has 112 valence electrons. The SMILES string of the molecule is CC(C)(C)SCCNC(=S)NCCc1ccc(Cl)cc1. The first-order valence-corrected chi connectivity index (χ1v) is 8.54. The van der Waals surface area contributed by atoms with Crippen molar-refractivity contribution in [1.29, 1.82) is 0 Å². The lowest BCUT2D eigenvalue weighted by Crippen LogP contribution is -2.37. The lowest BCUT2D eigenvalue weighted by Gasteiger charge is -2.18. The largest absolute Gasteiger partial charge is 0.362 e. The van der Waals surface area contributed by atoms with Gasteiger partial charge in [0.1, 0.15) is 0 Å². The average Bonchev–Trinajstić information content (AvgIpc) is 2.36. The first-order valence-electron chi connectivity index (χ1n) is 6.77. The molecule has 20 heavy (non-hydrogen) atoms. The van der Waals surface area contributed by atoms with E-state index in [1.165, 1.54) is 5.56 Å². The average molecular weight is 331 g/mol. The lowest BCUT2D eigenvalue weighted by molar-refractivity contribution is 0.796. The fourth-order valence-corrected chi connectivity index (χ4v) is 2.70. The molecule has 0 saturated heterocycles. The van der Waals surface area contributed by atoms with Gasteiger partial charge in [0, 0.05) is 28.6 Å². The maximum Gasteiger partial charge on any atom is 0.166 e. The summed E-state index contributed by atoms with van der Waals surface area (Å²) in [6, 6.07) is 7.91. The molecule has 0 atom stereocenters. The molecule has 0 heterocycles. The smallest absolute Gasteiger partial charge is 0.166 e. The number of rotatable bonds is 6. The summed E-state index contributed by atoms with van der Waals surface area (Å²) in [5.74, 6) is 1.06. The predicted molar refractivity (Wildman–Crippen MR) is 96.0 cm³/mol. The van der Waals surface area contributed by atoms with Crippen molar-refractivity contribution in [3.05, 3.63) is 34.9 Å². The number of hydrogen-bond acceptors (Lipinski definition) is 2. The van der Waals surface area contributed by atoms with E-state index in [0.29, 0.717) is 4.75 Å². The van der Waals surface area contributed by atoms with Crippen LogP contribution in [0.15, 0.2) is 24.3 Å². The second-order valence-electron chi connectivity index (χ2n) is 5.52. The zero-order valence-corrected chi connectivity index (χ0v) is 14.7. The van der Waals surface area contributed by atoms with Crippen LogP contribution in [-0.4, -0.2) is 28.7 Å². The van der Waals surface area contributed by atoms with E-state index in [4.69, 9.17) is 23.8 Å². The van der Waals surface area contributed by atoms with Gasteiger partial charge in [-0.1, -0.05) is 44.5 Å². The van der Waals surface area contributed by atoms with Crippen LogP contribution in [0.5, 0.6) is 0 Å². The Balaban J connectivity index is 2.10. The Morgan fingerprint density at radius 2 is 1.75 bits per heavy atom. The van der Waals surface area contributed by atoms with E-state index in [-0.39, 0.29) is 0 Å². The van der Waals surface area contributed by atoms with Gasteiger partial charge < -0.3 is 10.6 Å². The van der Waals surface area contributed by atoms with Crippen LogP contribution in [0.2, 0.25) is 5.02 Å². The molecule has 0 amide bonds. The second kappa shape index (κ2) is 8.75. The third kappa shape index (κ3) is 8.67. The molecule has 0 unspecified atom stereocenters. The Morgan fingerprint density at radius 1 is 1.15 bits per heavy atom. The van der Waals surface area contributed by atoms with E-state index >= 15 is 0 Å². The molecule has 5 heteroatoms. The van der Waals surface area contributed by atoms with Crippen molar-refractivity contribution in [3.63, 3.8) is 0 Å². The van der Waals surface area contributed by atoms with Gasteiger partial charge in [-0.25, -0.2) is 0 Å². The molecule has 0 aliphatic rings. The standard InChI is InChI=1S/C15H23ClN2S2/c1-15(2,3)20-11-10-18-14(19)17-9-8-12-4-6-13(16)7-5-12/h4-7H,8-11H2,1-3H3,(H2,17,18,19). The minimum atomic E-state index is 0.311.